The van der Waals surface area contributed by atoms with Crippen LogP contribution in [0, 0.1) is 11.7 Å². The van der Waals surface area contributed by atoms with Crippen LogP contribution in [0.5, 0.6) is 0 Å². The molecule has 174 valence electrons. The molecule has 1 aliphatic heterocycles. The number of nitrogens with zero attached hydrogens (tertiary/aromatic N) is 5. The van der Waals surface area contributed by atoms with Gasteiger partial charge < -0.3 is 21.3 Å². The van der Waals surface area contributed by atoms with Crippen LogP contribution >= 0.6 is 12.4 Å². The topological polar surface area (TPSA) is 122 Å². The van der Waals surface area contributed by atoms with Crippen molar-refractivity contribution < 1.29 is 9.18 Å². The minimum atomic E-state index is -0.283. The number of benzene rings is 1. The fraction of sp³-hybridized carbons (Fsp3) is 0.318. The molecule has 0 aliphatic carbocycles. The summed E-state index contributed by atoms with van der Waals surface area (Å²) in [6.07, 6.45) is 6.15. The summed E-state index contributed by atoms with van der Waals surface area (Å²) >= 11 is 0. The zero-order valence-corrected chi connectivity index (χ0v) is 18.9. The first-order valence-electron chi connectivity index (χ1n) is 10.5. The Hall–Kier alpha value is -3.53. The number of nitrogens with two attached hydrogens (primary N) is 1. The van der Waals surface area contributed by atoms with Gasteiger partial charge in [-0.25, -0.2) is 9.37 Å². The van der Waals surface area contributed by atoms with Gasteiger partial charge in [-0.2, -0.15) is 9.97 Å². The fourth-order valence-corrected chi connectivity index (χ4v) is 3.64. The van der Waals surface area contributed by atoms with Gasteiger partial charge in [-0.3, -0.25) is 9.78 Å². The highest BCUT2D eigenvalue weighted by Crippen LogP contribution is 2.27. The van der Waals surface area contributed by atoms with Crippen LogP contribution in [0.2, 0.25) is 0 Å². The van der Waals surface area contributed by atoms with Gasteiger partial charge in [0.25, 0.3) is 0 Å². The van der Waals surface area contributed by atoms with E-state index < -0.39 is 0 Å². The Bertz CT molecular complexity index is 1060. The summed E-state index contributed by atoms with van der Waals surface area (Å²) in [7, 11) is 0. The Labute approximate surface area is 197 Å². The quantitative estimate of drug-likeness (QED) is 0.478. The Morgan fingerprint density at radius 3 is 2.52 bits per heavy atom. The lowest BCUT2D eigenvalue weighted by Gasteiger charge is -2.31. The lowest BCUT2D eigenvalue weighted by atomic mass is 9.96. The number of hydrogen-bond acceptors (Lipinski definition) is 8. The van der Waals surface area contributed by atoms with Crippen molar-refractivity contribution >= 4 is 41.7 Å². The van der Waals surface area contributed by atoms with Gasteiger partial charge in [0, 0.05) is 37.5 Å². The average molecular weight is 473 g/mol. The summed E-state index contributed by atoms with van der Waals surface area (Å²) < 4.78 is 13.3. The molecule has 1 saturated heterocycles. The number of aromatic nitrogens is 4. The summed E-state index contributed by atoms with van der Waals surface area (Å²) in [5.41, 5.74) is 6.37. The number of carbonyl (C=O) groups is 1. The highest BCUT2D eigenvalue weighted by atomic mass is 35.5. The molecule has 4 rings (SSSR count). The van der Waals surface area contributed by atoms with Crippen LogP contribution in [-0.2, 0) is 4.79 Å². The molecular formula is C22H26ClFN8O. The molecule has 1 atom stereocenters. The largest absolute Gasteiger partial charge is 0.369 e. The summed E-state index contributed by atoms with van der Waals surface area (Å²) in [6, 6.07) is 8.00. The smallest absolute Gasteiger partial charge is 0.227 e. The molecule has 0 bridgehead atoms. The number of nitrogens with one attached hydrogen (secondary N) is 2. The first-order valence-corrected chi connectivity index (χ1v) is 10.5. The number of piperidine rings is 1. The van der Waals surface area contributed by atoms with E-state index in [4.69, 9.17) is 5.73 Å². The Balaban J connectivity index is 0.00000306. The molecule has 4 N–H and O–H groups in total. The molecule has 1 unspecified atom stereocenters. The number of anilines is 4. The van der Waals surface area contributed by atoms with Crippen molar-refractivity contribution in [2.75, 3.05) is 28.6 Å². The van der Waals surface area contributed by atoms with Crippen LogP contribution in [0.1, 0.15) is 31.4 Å². The maximum absolute atomic E-state index is 13.3. The van der Waals surface area contributed by atoms with Gasteiger partial charge in [0.15, 0.2) is 0 Å². The zero-order chi connectivity index (χ0) is 22.5. The van der Waals surface area contributed by atoms with Gasteiger partial charge in [-0.1, -0.05) is 12.1 Å². The summed E-state index contributed by atoms with van der Waals surface area (Å²) in [6.45, 7) is 3.29. The molecule has 0 saturated carbocycles. The van der Waals surface area contributed by atoms with E-state index in [9.17, 15) is 9.18 Å². The predicted octanol–water partition coefficient (Wildman–Crippen LogP) is 3.45. The van der Waals surface area contributed by atoms with Crippen molar-refractivity contribution in [3.05, 3.63) is 60.3 Å². The number of amides is 1. The molecule has 1 aromatic carbocycles. The zero-order valence-electron chi connectivity index (χ0n) is 18.1. The van der Waals surface area contributed by atoms with Crippen molar-refractivity contribution in [1.29, 1.82) is 0 Å². The maximum Gasteiger partial charge on any atom is 0.227 e. The molecule has 3 aromatic rings. The number of rotatable bonds is 7. The van der Waals surface area contributed by atoms with Gasteiger partial charge in [-0.05, 0) is 37.5 Å². The molecule has 9 nitrogen and oxygen atoms in total. The van der Waals surface area contributed by atoms with Crippen LogP contribution in [0.25, 0.3) is 0 Å². The second kappa shape index (κ2) is 10.9. The van der Waals surface area contributed by atoms with E-state index in [1.54, 1.807) is 30.7 Å². The minimum Gasteiger partial charge on any atom is -0.369 e. The number of hydrogen-bond donors (Lipinski definition) is 3. The lowest BCUT2D eigenvalue weighted by Crippen LogP contribution is -2.39. The van der Waals surface area contributed by atoms with E-state index in [0.717, 1.165) is 11.4 Å². The molecule has 11 heteroatoms. The Morgan fingerprint density at radius 2 is 1.88 bits per heavy atom. The second-order valence-corrected chi connectivity index (χ2v) is 7.73. The highest BCUT2D eigenvalue weighted by molar-refractivity contribution is 5.85. The van der Waals surface area contributed by atoms with E-state index in [1.807, 2.05) is 13.0 Å². The van der Waals surface area contributed by atoms with E-state index in [2.05, 4.69) is 35.5 Å². The summed E-state index contributed by atoms with van der Waals surface area (Å²) in [5.74, 6) is 1.61. The van der Waals surface area contributed by atoms with Gasteiger partial charge in [0.2, 0.25) is 11.9 Å². The van der Waals surface area contributed by atoms with E-state index in [-0.39, 0.29) is 36.1 Å². The Morgan fingerprint density at radius 1 is 1.15 bits per heavy atom. The van der Waals surface area contributed by atoms with Crippen molar-refractivity contribution in [1.82, 2.24) is 19.9 Å². The Kier molecular flexibility index (Phi) is 7.94. The normalized spacial score (nSPS) is 14.8. The summed E-state index contributed by atoms with van der Waals surface area (Å²) in [5, 5.41) is 6.45. The van der Waals surface area contributed by atoms with Crippen LogP contribution < -0.4 is 21.3 Å². The van der Waals surface area contributed by atoms with Crippen LogP contribution in [-0.4, -0.2) is 38.9 Å². The third-order valence-electron chi connectivity index (χ3n) is 5.47. The van der Waals surface area contributed by atoms with Crippen molar-refractivity contribution in [2.45, 2.75) is 25.8 Å². The molecule has 1 amide bonds. The van der Waals surface area contributed by atoms with Crippen LogP contribution in [0.3, 0.4) is 0 Å². The molecular weight excluding hydrogens is 447 g/mol. The van der Waals surface area contributed by atoms with Crippen LogP contribution in [0.4, 0.5) is 27.8 Å². The first kappa shape index (κ1) is 24.1. The van der Waals surface area contributed by atoms with Gasteiger partial charge in [-0.15, -0.1) is 12.4 Å². The first-order chi connectivity index (χ1) is 15.5. The van der Waals surface area contributed by atoms with E-state index in [0.29, 0.717) is 43.5 Å². The molecule has 33 heavy (non-hydrogen) atoms. The van der Waals surface area contributed by atoms with Crippen molar-refractivity contribution in [3.63, 3.8) is 0 Å². The van der Waals surface area contributed by atoms with Gasteiger partial charge >= 0.3 is 0 Å². The standard InChI is InChI=1S/C22H25FN8O.ClH/c1-14(15-2-4-17(23)5-3-15)27-22-29-18(28-19-13-25-8-9-26-19)12-20(30-22)31-10-6-16(7-11-31)21(24)32;/h2-5,8-9,12-14,16H,6-7,10-11H2,1H3,(H2,24,32)(H2,26,27,28,29,30);1H. The summed E-state index contributed by atoms with van der Waals surface area (Å²) in [4.78, 5) is 31.2. The minimum absolute atomic E-state index is 0. The fourth-order valence-electron chi connectivity index (χ4n) is 3.64. The molecule has 1 fully saturated rings. The van der Waals surface area contributed by atoms with Crippen molar-refractivity contribution in [2.24, 2.45) is 11.7 Å². The average Bonchev–Trinajstić information content (AvgIpc) is 2.80. The van der Waals surface area contributed by atoms with Gasteiger partial charge in [0.1, 0.15) is 23.3 Å². The number of halogens is 2. The second-order valence-electron chi connectivity index (χ2n) is 7.73. The van der Waals surface area contributed by atoms with Crippen LogP contribution in [0.15, 0.2) is 48.9 Å². The third kappa shape index (κ3) is 6.26. The van der Waals surface area contributed by atoms with E-state index >= 15 is 0 Å². The number of carbonyl (C=O) groups excluding carboxylic acids is 1. The monoisotopic (exact) mass is 472 g/mol. The predicted molar refractivity (Wildman–Crippen MR) is 127 cm³/mol. The number of primary amides is 1. The molecule has 0 spiro atoms. The highest BCUT2D eigenvalue weighted by Gasteiger charge is 2.24. The SMILES string of the molecule is CC(Nc1nc(Nc2cnccn2)cc(N2CCC(C(N)=O)CC2)n1)c1ccc(F)cc1.Cl. The van der Waals surface area contributed by atoms with Crippen molar-refractivity contribution in [3.8, 4) is 0 Å². The maximum atomic E-state index is 13.3. The third-order valence-corrected chi connectivity index (χ3v) is 5.47. The van der Waals surface area contributed by atoms with E-state index in [1.165, 1.54) is 12.1 Å². The molecule has 3 heterocycles. The molecule has 0 radical (unpaired) electrons. The molecule has 2 aromatic heterocycles. The molecule has 1 aliphatic rings. The lowest BCUT2D eigenvalue weighted by molar-refractivity contribution is -0.122. The van der Waals surface area contributed by atoms with Gasteiger partial charge in [0.05, 0.1) is 12.2 Å².